The van der Waals surface area contributed by atoms with Gasteiger partial charge in [-0.25, -0.2) is 0 Å². The monoisotopic (exact) mass is 267 g/mol. The van der Waals surface area contributed by atoms with Crippen LogP contribution < -0.4 is 5.32 Å². The van der Waals surface area contributed by atoms with E-state index in [9.17, 15) is 0 Å². The van der Waals surface area contributed by atoms with Gasteiger partial charge in [0, 0.05) is 12.6 Å². The second-order valence-corrected chi connectivity index (χ2v) is 7.29. The average Bonchev–Trinajstić information content (AvgIpc) is 2.38. The lowest BCUT2D eigenvalue weighted by Gasteiger charge is -2.42. The molecule has 2 heteroatoms. The maximum atomic E-state index is 6.68. The summed E-state index contributed by atoms with van der Waals surface area (Å²) in [5, 5.41) is 3.63. The Morgan fingerprint density at radius 1 is 1.11 bits per heavy atom. The molecule has 0 aliphatic heterocycles. The van der Waals surface area contributed by atoms with Gasteiger partial charge in [-0.3, -0.25) is 0 Å². The molecular formula is C17H33NO. The quantitative estimate of drug-likeness (QED) is 0.802. The summed E-state index contributed by atoms with van der Waals surface area (Å²) >= 11 is 0. The summed E-state index contributed by atoms with van der Waals surface area (Å²) in [4.78, 5) is 0. The van der Waals surface area contributed by atoms with Crippen LogP contribution in [0.5, 0.6) is 0 Å². The largest absolute Gasteiger partial charge is 0.370 e. The van der Waals surface area contributed by atoms with Crippen molar-refractivity contribution in [2.75, 3.05) is 6.54 Å². The van der Waals surface area contributed by atoms with Crippen molar-refractivity contribution >= 4 is 0 Å². The van der Waals surface area contributed by atoms with E-state index in [4.69, 9.17) is 4.74 Å². The Kier molecular flexibility index (Phi) is 5.70. The van der Waals surface area contributed by atoms with Gasteiger partial charge in [0.2, 0.25) is 0 Å². The highest BCUT2D eigenvalue weighted by Gasteiger charge is 2.36. The Bertz CT molecular complexity index is 258. The van der Waals surface area contributed by atoms with Crippen LogP contribution in [-0.4, -0.2) is 24.3 Å². The maximum absolute atomic E-state index is 6.68. The van der Waals surface area contributed by atoms with Gasteiger partial charge in [0.15, 0.2) is 0 Å². The summed E-state index contributed by atoms with van der Waals surface area (Å²) in [7, 11) is 0. The van der Waals surface area contributed by atoms with E-state index in [0.29, 0.717) is 12.1 Å². The molecule has 2 aliphatic rings. The molecule has 2 atom stereocenters. The lowest BCUT2D eigenvalue weighted by atomic mass is 9.82. The van der Waals surface area contributed by atoms with E-state index in [-0.39, 0.29) is 5.60 Å². The van der Waals surface area contributed by atoms with Crippen LogP contribution in [0.4, 0.5) is 0 Å². The van der Waals surface area contributed by atoms with Crippen LogP contribution in [0.3, 0.4) is 0 Å². The Morgan fingerprint density at radius 2 is 1.84 bits per heavy atom. The first kappa shape index (κ1) is 15.3. The predicted octanol–water partition coefficient (Wildman–Crippen LogP) is 4.28. The van der Waals surface area contributed by atoms with Crippen molar-refractivity contribution in [3.8, 4) is 0 Å². The van der Waals surface area contributed by atoms with Gasteiger partial charge in [-0.05, 0) is 31.6 Å². The summed E-state index contributed by atoms with van der Waals surface area (Å²) in [5.74, 6) is 0.859. The zero-order chi connectivity index (χ0) is 13.7. The van der Waals surface area contributed by atoms with Gasteiger partial charge in [-0.1, -0.05) is 52.9 Å². The number of ether oxygens (including phenoxy) is 1. The van der Waals surface area contributed by atoms with Crippen LogP contribution in [-0.2, 0) is 4.74 Å². The molecule has 2 fully saturated rings. The van der Waals surface area contributed by atoms with Crippen LogP contribution in [0.15, 0.2) is 0 Å². The second-order valence-electron chi connectivity index (χ2n) is 7.29. The third kappa shape index (κ3) is 4.75. The minimum atomic E-state index is 0.143. The summed E-state index contributed by atoms with van der Waals surface area (Å²) in [5.41, 5.74) is 0.143. The molecule has 19 heavy (non-hydrogen) atoms. The maximum Gasteiger partial charge on any atom is 0.0810 e. The first-order valence-corrected chi connectivity index (χ1v) is 8.51. The molecule has 112 valence electrons. The van der Waals surface area contributed by atoms with Gasteiger partial charge in [-0.2, -0.15) is 0 Å². The van der Waals surface area contributed by atoms with Crippen LogP contribution in [0, 0.1) is 5.92 Å². The fourth-order valence-electron chi connectivity index (χ4n) is 3.76. The van der Waals surface area contributed by atoms with Crippen molar-refractivity contribution in [1.29, 1.82) is 0 Å². The Balaban J connectivity index is 1.92. The zero-order valence-electron chi connectivity index (χ0n) is 13.2. The fraction of sp³-hybridized carbons (Fsp3) is 1.00. The van der Waals surface area contributed by atoms with E-state index >= 15 is 0 Å². The summed E-state index contributed by atoms with van der Waals surface area (Å²) < 4.78 is 6.68. The number of rotatable bonds is 5. The van der Waals surface area contributed by atoms with E-state index in [0.717, 1.165) is 12.5 Å². The highest BCUT2D eigenvalue weighted by molar-refractivity contribution is 4.89. The summed E-state index contributed by atoms with van der Waals surface area (Å²) in [6.07, 6.45) is 12.5. The van der Waals surface area contributed by atoms with Crippen LogP contribution >= 0.6 is 0 Å². The molecule has 2 nitrogen and oxygen atoms in total. The molecule has 2 aliphatic carbocycles. The lowest BCUT2D eigenvalue weighted by molar-refractivity contribution is -0.127. The molecular weight excluding hydrogens is 234 g/mol. The molecule has 2 saturated carbocycles. The highest BCUT2D eigenvalue weighted by atomic mass is 16.5. The number of hydrogen-bond acceptors (Lipinski definition) is 2. The minimum Gasteiger partial charge on any atom is -0.370 e. The fourth-order valence-corrected chi connectivity index (χ4v) is 3.76. The molecule has 0 spiro atoms. The molecule has 0 radical (unpaired) electrons. The molecule has 0 heterocycles. The third-order valence-electron chi connectivity index (χ3n) is 4.90. The first-order valence-electron chi connectivity index (χ1n) is 8.51. The van der Waals surface area contributed by atoms with Crippen molar-refractivity contribution < 1.29 is 4.74 Å². The van der Waals surface area contributed by atoms with Crippen LogP contribution in [0.25, 0.3) is 0 Å². The standard InChI is InChI=1S/C17H33NO/c1-14(2)18-13-17(10-5-4-6-11-17)19-16-9-7-8-15(3)12-16/h14-16,18H,4-13H2,1-3H3. The van der Waals surface area contributed by atoms with E-state index < -0.39 is 0 Å². The van der Waals surface area contributed by atoms with E-state index in [1.54, 1.807) is 0 Å². The van der Waals surface area contributed by atoms with Crippen molar-refractivity contribution in [2.24, 2.45) is 5.92 Å². The van der Waals surface area contributed by atoms with Gasteiger partial charge in [0.1, 0.15) is 0 Å². The van der Waals surface area contributed by atoms with E-state index in [1.807, 2.05) is 0 Å². The predicted molar refractivity (Wildman–Crippen MR) is 81.5 cm³/mol. The van der Waals surface area contributed by atoms with Gasteiger partial charge < -0.3 is 10.1 Å². The molecule has 0 saturated heterocycles. The molecule has 0 amide bonds. The Hall–Kier alpha value is -0.0800. The smallest absolute Gasteiger partial charge is 0.0810 e. The SMILES string of the molecule is CC1CCCC(OC2(CNC(C)C)CCCCC2)C1. The van der Waals surface area contributed by atoms with Gasteiger partial charge >= 0.3 is 0 Å². The van der Waals surface area contributed by atoms with Crippen molar-refractivity contribution in [2.45, 2.75) is 96.3 Å². The average molecular weight is 267 g/mol. The first-order chi connectivity index (χ1) is 9.10. The van der Waals surface area contributed by atoms with Crippen molar-refractivity contribution in [3.63, 3.8) is 0 Å². The molecule has 2 rings (SSSR count). The van der Waals surface area contributed by atoms with E-state index in [1.165, 1.54) is 57.8 Å². The topological polar surface area (TPSA) is 21.3 Å². The number of hydrogen-bond donors (Lipinski definition) is 1. The lowest BCUT2D eigenvalue weighted by Crippen LogP contribution is -2.49. The third-order valence-corrected chi connectivity index (χ3v) is 4.90. The molecule has 0 aromatic carbocycles. The normalized spacial score (nSPS) is 31.6. The molecule has 0 aromatic rings. The molecule has 2 unspecified atom stereocenters. The molecule has 1 N–H and O–H groups in total. The molecule has 0 bridgehead atoms. The summed E-state index contributed by atoms with van der Waals surface area (Å²) in [6.45, 7) is 7.91. The molecule has 0 aromatic heterocycles. The Labute approximate surface area is 119 Å². The highest BCUT2D eigenvalue weighted by Crippen LogP contribution is 2.36. The van der Waals surface area contributed by atoms with Crippen molar-refractivity contribution in [1.82, 2.24) is 5.32 Å². The second kappa shape index (κ2) is 7.08. The Morgan fingerprint density at radius 3 is 2.47 bits per heavy atom. The van der Waals surface area contributed by atoms with Gasteiger partial charge in [-0.15, -0.1) is 0 Å². The summed E-state index contributed by atoms with van der Waals surface area (Å²) in [6, 6.07) is 0.563. The van der Waals surface area contributed by atoms with E-state index in [2.05, 4.69) is 26.1 Å². The van der Waals surface area contributed by atoms with Crippen molar-refractivity contribution in [3.05, 3.63) is 0 Å². The minimum absolute atomic E-state index is 0.143. The van der Waals surface area contributed by atoms with Crippen LogP contribution in [0.1, 0.15) is 78.6 Å². The zero-order valence-corrected chi connectivity index (χ0v) is 13.2. The van der Waals surface area contributed by atoms with Crippen LogP contribution in [0.2, 0.25) is 0 Å². The number of nitrogens with one attached hydrogen (secondary N) is 1. The van der Waals surface area contributed by atoms with Gasteiger partial charge in [0.25, 0.3) is 0 Å². The van der Waals surface area contributed by atoms with Gasteiger partial charge in [0.05, 0.1) is 11.7 Å².